The highest BCUT2D eigenvalue weighted by atomic mass is 32.1. The minimum Gasteiger partial charge on any atom is -0.321 e. The second-order valence-corrected chi connectivity index (χ2v) is 3.99. The van der Waals surface area contributed by atoms with Gasteiger partial charge in [0.1, 0.15) is 4.99 Å². The third-order valence-electron chi connectivity index (χ3n) is 2.28. The summed E-state index contributed by atoms with van der Waals surface area (Å²) in [5.74, 6) is 0.630. The van der Waals surface area contributed by atoms with Crippen molar-refractivity contribution in [1.82, 2.24) is 5.32 Å². The van der Waals surface area contributed by atoms with Crippen LogP contribution in [0.5, 0.6) is 0 Å². The number of thiocarbonyl (C=S) groups is 2. The number of hydrogen-bond donors (Lipinski definition) is 1. The van der Waals surface area contributed by atoms with Crippen molar-refractivity contribution in [1.29, 1.82) is 0 Å². The number of amidine groups is 1. The van der Waals surface area contributed by atoms with E-state index in [0.29, 0.717) is 15.9 Å². The summed E-state index contributed by atoms with van der Waals surface area (Å²) in [5.41, 5.74) is 0.884. The van der Waals surface area contributed by atoms with Gasteiger partial charge in [-0.1, -0.05) is 30.4 Å². The molecule has 0 unspecified atom stereocenters. The highest BCUT2D eigenvalue weighted by molar-refractivity contribution is 7.82. The van der Waals surface area contributed by atoms with E-state index in [4.69, 9.17) is 24.4 Å². The lowest BCUT2D eigenvalue weighted by Crippen LogP contribution is -2.37. The summed E-state index contributed by atoms with van der Waals surface area (Å²) in [6.07, 6.45) is 0. The van der Waals surface area contributed by atoms with Gasteiger partial charge in [-0.3, -0.25) is 0 Å². The molecule has 0 saturated heterocycles. The minimum atomic E-state index is 0.385. The van der Waals surface area contributed by atoms with Gasteiger partial charge < -0.3 is 5.32 Å². The van der Waals surface area contributed by atoms with Crippen molar-refractivity contribution >= 4 is 45.9 Å². The zero-order valence-electron chi connectivity index (χ0n) is 7.52. The summed E-state index contributed by atoms with van der Waals surface area (Å²) >= 11 is 10.2. The topological polar surface area (TPSA) is 36.8 Å². The predicted molar refractivity (Wildman–Crippen MR) is 66.4 cm³/mol. The third-order valence-corrected chi connectivity index (χ3v) is 2.78. The first-order valence-corrected chi connectivity index (χ1v) is 5.20. The van der Waals surface area contributed by atoms with Crippen molar-refractivity contribution in [2.24, 2.45) is 9.98 Å². The van der Waals surface area contributed by atoms with Crippen LogP contribution < -0.4 is 15.9 Å². The van der Waals surface area contributed by atoms with Gasteiger partial charge >= 0.3 is 0 Å². The molecule has 2 aliphatic heterocycles. The maximum Gasteiger partial charge on any atom is 0.199 e. The normalized spacial score (nSPS) is 17.6. The summed E-state index contributed by atoms with van der Waals surface area (Å²) in [6.45, 7) is 0. The molecule has 2 aliphatic rings. The molecular weight excluding hydrogens is 226 g/mol. The molecule has 5 heteroatoms. The summed E-state index contributed by atoms with van der Waals surface area (Å²) in [5, 5.41) is 5.18. The van der Waals surface area contributed by atoms with Crippen molar-refractivity contribution < 1.29 is 0 Å². The fourth-order valence-corrected chi connectivity index (χ4v) is 2.21. The van der Waals surface area contributed by atoms with Gasteiger partial charge in [-0.05, 0) is 18.3 Å². The van der Waals surface area contributed by atoms with E-state index >= 15 is 0 Å². The molecule has 0 radical (unpaired) electrons. The lowest BCUT2D eigenvalue weighted by Gasteiger charge is -2.13. The van der Waals surface area contributed by atoms with Crippen LogP contribution >= 0.6 is 24.4 Å². The van der Waals surface area contributed by atoms with Gasteiger partial charge in [0.25, 0.3) is 0 Å². The second-order valence-electron chi connectivity index (χ2n) is 3.20. The molecule has 0 amide bonds. The van der Waals surface area contributed by atoms with Crippen LogP contribution in [-0.4, -0.2) is 15.9 Å². The monoisotopic (exact) mass is 231 g/mol. The SMILES string of the molecule is S=C1N=C2N=c3ccccc3=C2C(=S)N1. The highest BCUT2D eigenvalue weighted by Gasteiger charge is 2.23. The molecule has 0 atom stereocenters. The van der Waals surface area contributed by atoms with E-state index in [-0.39, 0.29) is 0 Å². The lowest BCUT2D eigenvalue weighted by molar-refractivity contribution is 1.36. The molecule has 0 spiro atoms. The maximum absolute atomic E-state index is 5.22. The Hall–Kier alpha value is -1.46. The molecule has 1 N–H and O–H groups in total. The first-order chi connectivity index (χ1) is 7.25. The molecule has 15 heavy (non-hydrogen) atoms. The number of fused-ring (bicyclic) bond motifs is 2. The van der Waals surface area contributed by atoms with Crippen LogP contribution in [0.3, 0.4) is 0 Å². The molecule has 1 aromatic carbocycles. The average Bonchev–Trinajstić information content (AvgIpc) is 2.54. The van der Waals surface area contributed by atoms with E-state index < -0.39 is 0 Å². The van der Waals surface area contributed by atoms with Gasteiger partial charge in [-0.25, -0.2) is 4.99 Å². The Morgan fingerprint density at radius 2 is 1.87 bits per heavy atom. The molecule has 3 rings (SSSR count). The molecule has 72 valence electrons. The second kappa shape index (κ2) is 3.01. The van der Waals surface area contributed by atoms with E-state index in [0.717, 1.165) is 16.1 Å². The van der Waals surface area contributed by atoms with E-state index in [1.54, 1.807) is 0 Å². The Labute approximate surface area is 96.2 Å². The fraction of sp³-hybridized carbons (Fsp3) is 0. The number of para-hydroxylation sites is 1. The van der Waals surface area contributed by atoms with Gasteiger partial charge in [-0.15, -0.1) is 0 Å². The predicted octanol–water partition coefficient (Wildman–Crippen LogP) is 0.0845. The Morgan fingerprint density at radius 3 is 2.73 bits per heavy atom. The zero-order chi connectivity index (χ0) is 10.4. The lowest BCUT2D eigenvalue weighted by atomic mass is 10.1. The standard InChI is InChI=1S/C10H5N3S2/c14-9-7-5-3-1-2-4-6(5)11-8(7)12-10(15)13-9/h1-4H,(H,13,14,15). The number of benzene rings is 1. The number of hydrogen-bond acceptors (Lipinski definition) is 3. The van der Waals surface area contributed by atoms with Gasteiger partial charge in [0.05, 0.1) is 10.9 Å². The number of aliphatic imine (C=N–C) groups is 1. The van der Waals surface area contributed by atoms with Crippen molar-refractivity contribution in [3.05, 3.63) is 34.8 Å². The van der Waals surface area contributed by atoms with Crippen molar-refractivity contribution in [3.8, 4) is 0 Å². The van der Waals surface area contributed by atoms with Crippen molar-refractivity contribution in [2.45, 2.75) is 0 Å². The number of nitrogens with zero attached hydrogens (tertiary/aromatic N) is 2. The highest BCUT2D eigenvalue weighted by Crippen LogP contribution is 2.09. The van der Waals surface area contributed by atoms with Crippen LogP contribution in [-0.2, 0) is 0 Å². The summed E-state index contributed by atoms with van der Waals surface area (Å²) in [7, 11) is 0. The van der Waals surface area contributed by atoms with Gasteiger partial charge in [0.15, 0.2) is 10.9 Å². The summed E-state index contributed by atoms with van der Waals surface area (Å²) in [4.78, 5) is 9.14. The smallest absolute Gasteiger partial charge is 0.199 e. The van der Waals surface area contributed by atoms with Gasteiger partial charge in [0.2, 0.25) is 0 Å². The Morgan fingerprint density at radius 1 is 1.07 bits per heavy atom. The molecule has 0 saturated carbocycles. The molecule has 1 aromatic rings. The largest absolute Gasteiger partial charge is 0.321 e. The Balaban J connectivity index is 2.46. The molecule has 0 bridgehead atoms. The molecule has 3 nitrogen and oxygen atoms in total. The summed E-state index contributed by atoms with van der Waals surface area (Å²) in [6, 6.07) is 7.82. The fourth-order valence-electron chi connectivity index (χ4n) is 1.66. The molecular formula is C10H5N3S2. The van der Waals surface area contributed by atoms with Crippen LogP contribution in [0, 0.1) is 0 Å². The minimum absolute atomic E-state index is 0.385. The molecule has 2 heterocycles. The van der Waals surface area contributed by atoms with E-state index in [1.165, 1.54) is 0 Å². The van der Waals surface area contributed by atoms with Crippen LogP contribution in [0.25, 0.3) is 5.57 Å². The third kappa shape index (κ3) is 1.24. The maximum atomic E-state index is 5.22. The number of rotatable bonds is 0. The van der Waals surface area contributed by atoms with E-state index in [2.05, 4.69) is 15.3 Å². The Bertz CT molecular complexity index is 643. The van der Waals surface area contributed by atoms with Gasteiger partial charge in [0, 0.05) is 5.22 Å². The van der Waals surface area contributed by atoms with Crippen LogP contribution in [0.15, 0.2) is 34.3 Å². The molecule has 0 aliphatic carbocycles. The van der Waals surface area contributed by atoms with Crippen LogP contribution in [0.2, 0.25) is 0 Å². The van der Waals surface area contributed by atoms with Gasteiger partial charge in [-0.2, -0.15) is 4.99 Å². The van der Waals surface area contributed by atoms with Crippen LogP contribution in [0.1, 0.15) is 0 Å². The first kappa shape index (κ1) is 8.82. The molecule has 0 fully saturated rings. The average molecular weight is 231 g/mol. The quantitative estimate of drug-likeness (QED) is 0.643. The summed E-state index contributed by atoms with van der Waals surface area (Å²) < 4.78 is 0. The van der Waals surface area contributed by atoms with Crippen molar-refractivity contribution in [3.63, 3.8) is 0 Å². The van der Waals surface area contributed by atoms with E-state index in [1.807, 2.05) is 24.3 Å². The first-order valence-electron chi connectivity index (χ1n) is 4.38. The van der Waals surface area contributed by atoms with Crippen LogP contribution in [0.4, 0.5) is 0 Å². The Kier molecular flexibility index (Phi) is 1.77. The molecule has 0 aromatic heterocycles. The van der Waals surface area contributed by atoms with Crippen molar-refractivity contribution in [2.75, 3.05) is 0 Å². The zero-order valence-corrected chi connectivity index (χ0v) is 9.15. The number of nitrogens with one attached hydrogen (secondary N) is 1. The van der Waals surface area contributed by atoms with E-state index in [9.17, 15) is 0 Å².